The summed E-state index contributed by atoms with van der Waals surface area (Å²) in [7, 11) is 0. The van der Waals surface area contributed by atoms with Crippen LogP contribution in [0.4, 0.5) is 0 Å². The van der Waals surface area contributed by atoms with E-state index in [2.05, 4.69) is 59.4 Å². The van der Waals surface area contributed by atoms with Crippen LogP contribution < -0.4 is 0 Å². The Kier molecular flexibility index (Phi) is 4.22. The zero-order chi connectivity index (χ0) is 18.5. The van der Waals surface area contributed by atoms with Crippen LogP contribution in [0.5, 0.6) is 0 Å². The first-order chi connectivity index (χ1) is 13.1. The topological polar surface area (TPSA) is 30.7 Å². The molecule has 0 saturated heterocycles. The third kappa shape index (κ3) is 2.96. The van der Waals surface area contributed by atoms with Crippen molar-refractivity contribution >= 4 is 39.0 Å². The second kappa shape index (κ2) is 6.62. The SMILES string of the molecule is Cc1cc(C)c2c(c1)-c1c(cnn1-c1nc(-c3ccc(Br)cc3)cs1)CS2. The predicted octanol–water partition coefficient (Wildman–Crippen LogP) is 6.65. The zero-order valence-electron chi connectivity index (χ0n) is 14.9. The number of fused-ring (bicyclic) bond motifs is 3. The summed E-state index contributed by atoms with van der Waals surface area (Å²) in [6.45, 7) is 4.35. The molecule has 4 aromatic rings. The lowest BCUT2D eigenvalue weighted by atomic mass is 10.0. The number of halogens is 1. The van der Waals surface area contributed by atoms with Crippen LogP contribution in [-0.2, 0) is 5.75 Å². The Labute approximate surface area is 174 Å². The Balaban J connectivity index is 1.63. The molecule has 0 amide bonds. The van der Waals surface area contributed by atoms with Crippen molar-refractivity contribution in [3.63, 3.8) is 0 Å². The standard InChI is InChI=1S/C21H16BrN3S2/c1-12-7-13(2)20-17(8-12)19-15(10-26-20)9-23-25(19)21-24-18(11-27-21)14-3-5-16(22)6-4-14/h3-9,11H,10H2,1-2H3. The van der Waals surface area contributed by atoms with Crippen LogP contribution in [0.1, 0.15) is 16.7 Å². The molecule has 134 valence electrons. The first kappa shape index (κ1) is 17.2. The predicted molar refractivity (Wildman–Crippen MR) is 117 cm³/mol. The third-order valence-electron chi connectivity index (χ3n) is 4.70. The van der Waals surface area contributed by atoms with Gasteiger partial charge in [0.15, 0.2) is 0 Å². The maximum atomic E-state index is 4.88. The van der Waals surface area contributed by atoms with Gasteiger partial charge in [0.2, 0.25) is 5.13 Å². The molecule has 0 atom stereocenters. The van der Waals surface area contributed by atoms with Gasteiger partial charge in [-0.15, -0.1) is 23.1 Å². The zero-order valence-corrected chi connectivity index (χ0v) is 18.1. The summed E-state index contributed by atoms with van der Waals surface area (Å²) < 4.78 is 3.09. The number of benzene rings is 2. The second-order valence-corrected chi connectivity index (χ2v) is 9.44. The number of hydrogen-bond acceptors (Lipinski definition) is 4. The van der Waals surface area contributed by atoms with Gasteiger partial charge < -0.3 is 0 Å². The molecular weight excluding hydrogens is 438 g/mol. The molecule has 2 aromatic heterocycles. The van der Waals surface area contributed by atoms with Gasteiger partial charge in [0.1, 0.15) is 0 Å². The lowest BCUT2D eigenvalue weighted by Crippen LogP contribution is -2.04. The second-order valence-electron chi connectivity index (χ2n) is 6.70. The van der Waals surface area contributed by atoms with E-state index in [9.17, 15) is 0 Å². The normalized spacial score (nSPS) is 12.7. The maximum Gasteiger partial charge on any atom is 0.211 e. The Hall–Kier alpha value is -1.89. The number of thioether (sulfide) groups is 1. The minimum atomic E-state index is 0.908. The van der Waals surface area contributed by atoms with Crippen molar-refractivity contribution in [1.82, 2.24) is 14.8 Å². The van der Waals surface area contributed by atoms with Crippen LogP contribution in [0.2, 0.25) is 0 Å². The van der Waals surface area contributed by atoms with E-state index in [4.69, 9.17) is 10.1 Å². The van der Waals surface area contributed by atoms with E-state index in [-0.39, 0.29) is 0 Å². The first-order valence-corrected chi connectivity index (χ1v) is 11.3. The van der Waals surface area contributed by atoms with Crippen molar-refractivity contribution in [2.75, 3.05) is 0 Å². The van der Waals surface area contributed by atoms with Crippen LogP contribution >= 0.6 is 39.0 Å². The molecule has 3 nitrogen and oxygen atoms in total. The van der Waals surface area contributed by atoms with E-state index < -0.39 is 0 Å². The van der Waals surface area contributed by atoms with Crippen molar-refractivity contribution in [2.45, 2.75) is 24.5 Å². The van der Waals surface area contributed by atoms with Crippen molar-refractivity contribution in [3.8, 4) is 27.6 Å². The number of rotatable bonds is 2. The summed E-state index contributed by atoms with van der Waals surface area (Å²) in [5.74, 6) is 0.956. The van der Waals surface area contributed by atoms with Crippen molar-refractivity contribution in [3.05, 3.63) is 69.1 Å². The molecule has 6 heteroatoms. The summed E-state index contributed by atoms with van der Waals surface area (Å²) in [6, 6.07) is 12.8. The molecule has 27 heavy (non-hydrogen) atoms. The van der Waals surface area contributed by atoms with Crippen molar-refractivity contribution < 1.29 is 0 Å². The van der Waals surface area contributed by atoms with Gasteiger partial charge in [-0.3, -0.25) is 0 Å². The fourth-order valence-electron chi connectivity index (χ4n) is 3.51. The smallest absolute Gasteiger partial charge is 0.211 e. The highest BCUT2D eigenvalue weighted by molar-refractivity contribution is 9.10. The van der Waals surface area contributed by atoms with Crippen LogP contribution in [-0.4, -0.2) is 14.8 Å². The Morgan fingerprint density at radius 3 is 2.74 bits per heavy atom. The first-order valence-electron chi connectivity index (χ1n) is 8.63. The molecule has 0 saturated carbocycles. The van der Waals surface area contributed by atoms with Gasteiger partial charge in [-0.05, 0) is 37.6 Å². The fourth-order valence-corrected chi connectivity index (χ4v) is 5.67. The minimum absolute atomic E-state index is 0.908. The van der Waals surface area contributed by atoms with Gasteiger partial charge in [0.25, 0.3) is 0 Å². The van der Waals surface area contributed by atoms with Crippen LogP contribution in [0.15, 0.2) is 57.3 Å². The summed E-state index contributed by atoms with van der Waals surface area (Å²) in [4.78, 5) is 6.24. The largest absolute Gasteiger partial charge is 0.218 e. The number of aromatic nitrogens is 3. The molecule has 5 rings (SSSR count). The van der Waals surface area contributed by atoms with Gasteiger partial charge in [-0.25, -0.2) is 9.67 Å². The molecule has 0 unspecified atom stereocenters. The van der Waals surface area contributed by atoms with Crippen LogP contribution in [0.25, 0.3) is 27.6 Å². The Morgan fingerprint density at radius 2 is 1.93 bits per heavy atom. The van der Waals surface area contributed by atoms with E-state index >= 15 is 0 Å². The lowest BCUT2D eigenvalue weighted by molar-refractivity contribution is 0.874. The number of hydrogen-bond donors (Lipinski definition) is 0. The molecule has 0 radical (unpaired) electrons. The summed E-state index contributed by atoms with van der Waals surface area (Å²) in [6.07, 6.45) is 1.99. The number of nitrogens with zero attached hydrogens (tertiary/aromatic N) is 3. The van der Waals surface area contributed by atoms with E-state index in [1.807, 2.05) is 34.8 Å². The average Bonchev–Trinajstić information content (AvgIpc) is 3.29. The molecule has 1 aliphatic rings. The highest BCUT2D eigenvalue weighted by Crippen LogP contribution is 2.44. The summed E-state index contributed by atoms with van der Waals surface area (Å²) in [5.41, 5.74) is 8.45. The third-order valence-corrected chi connectivity index (χ3v) is 7.34. The van der Waals surface area contributed by atoms with Crippen molar-refractivity contribution in [2.24, 2.45) is 0 Å². The molecule has 0 N–H and O–H groups in total. The summed E-state index contributed by atoms with van der Waals surface area (Å²) >= 11 is 7.03. The van der Waals surface area contributed by atoms with Gasteiger partial charge >= 0.3 is 0 Å². The Bertz CT molecular complexity index is 1160. The maximum absolute atomic E-state index is 4.88. The summed E-state index contributed by atoms with van der Waals surface area (Å²) in [5, 5.41) is 7.70. The molecule has 1 aliphatic heterocycles. The molecule has 0 bridgehead atoms. The van der Waals surface area contributed by atoms with Crippen LogP contribution in [0, 0.1) is 13.8 Å². The average molecular weight is 454 g/mol. The molecule has 0 spiro atoms. The highest BCUT2D eigenvalue weighted by Gasteiger charge is 2.25. The van der Waals surface area contributed by atoms with E-state index in [0.717, 1.165) is 26.6 Å². The Morgan fingerprint density at radius 1 is 1.11 bits per heavy atom. The van der Waals surface area contributed by atoms with Gasteiger partial charge in [0.05, 0.1) is 17.6 Å². The molecule has 0 aliphatic carbocycles. The number of aryl methyl sites for hydroxylation is 2. The quantitative estimate of drug-likeness (QED) is 0.340. The molecule has 2 aromatic carbocycles. The van der Waals surface area contributed by atoms with Gasteiger partial charge in [-0.1, -0.05) is 39.7 Å². The van der Waals surface area contributed by atoms with E-state index in [0.29, 0.717) is 0 Å². The monoisotopic (exact) mass is 453 g/mol. The lowest BCUT2D eigenvalue weighted by Gasteiger charge is -2.20. The van der Waals surface area contributed by atoms with Gasteiger partial charge in [0, 0.05) is 37.2 Å². The van der Waals surface area contributed by atoms with Gasteiger partial charge in [-0.2, -0.15) is 5.10 Å². The number of thiazole rings is 1. The minimum Gasteiger partial charge on any atom is -0.218 e. The van der Waals surface area contributed by atoms with Crippen LogP contribution in [0.3, 0.4) is 0 Å². The highest BCUT2D eigenvalue weighted by atomic mass is 79.9. The van der Waals surface area contributed by atoms with Crippen molar-refractivity contribution in [1.29, 1.82) is 0 Å². The molecule has 0 fully saturated rings. The van der Waals surface area contributed by atoms with E-state index in [1.165, 1.54) is 32.8 Å². The molecular formula is C21H16BrN3S2. The molecule has 3 heterocycles. The van der Waals surface area contributed by atoms with E-state index in [1.54, 1.807) is 11.3 Å². The fraction of sp³-hybridized carbons (Fsp3) is 0.143.